The molecule has 3 rings (SSSR count). The molecule has 0 aliphatic carbocycles. The smallest absolute Gasteiger partial charge is 0.239 e. The van der Waals surface area contributed by atoms with E-state index in [0.717, 1.165) is 70.2 Å². The Kier molecular flexibility index (Phi) is 9.16. The van der Waals surface area contributed by atoms with E-state index in [2.05, 4.69) is 10.1 Å². The standard InChI is InChI=1S/C16H26N4O3.2ClH/c1-12-10-14(23-18-12)11-19-4-6-20(7-5-19)16(21)15(17)13-2-8-22-9-3-13;;/h10,13,15H,2-9,11,17H2,1H3;2*1H. The molecule has 25 heavy (non-hydrogen) atoms. The molecule has 0 spiro atoms. The zero-order valence-corrected chi connectivity index (χ0v) is 16.2. The topological polar surface area (TPSA) is 84.8 Å². The van der Waals surface area contributed by atoms with Crippen LogP contribution in [0.4, 0.5) is 0 Å². The van der Waals surface area contributed by atoms with Crippen LogP contribution in [0, 0.1) is 12.8 Å². The van der Waals surface area contributed by atoms with Crippen LogP contribution in [0.3, 0.4) is 0 Å². The van der Waals surface area contributed by atoms with E-state index in [9.17, 15) is 4.79 Å². The monoisotopic (exact) mass is 394 g/mol. The van der Waals surface area contributed by atoms with Crippen molar-refractivity contribution < 1.29 is 14.1 Å². The SMILES string of the molecule is Cc1cc(CN2CCN(C(=O)C(N)C3CCOCC3)CC2)on1.Cl.Cl. The van der Waals surface area contributed by atoms with E-state index in [1.807, 2.05) is 17.9 Å². The maximum Gasteiger partial charge on any atom is 0.239 e. The van der Waals surface area contributed by atoms with E-state index in [1.54, 1.807) is 0 Å². The summed E-state index contributed by atoms with van der Waals surface area (Å²) in [5.41, 5.74) is 7.10. The van der Waals surface area contributed by atoms with Crippen molar-refractivity contribution in [3.8, 4) is 0 Å². The van der Waals surface area contributed by atoms with Gasteiger partial charge in [-0.25, -0.2) is 0 Å². The third-order valence-electron chi connectivity index (χ3n) is 4.80. The molecule has 144 valence electrons. The van der Waals surface area contributed by atoms with Crippen LogP contribution in [0.2, 0.25) is 0 Å². The number of aryl methyl sites for hydroxylation is 1. The molecule has 2 aliphatic heterocycles. The molecule has 0 bridgehead atoms. The summed E-state index contributed by atoms with van der Waals surface area (Å²) in [5.74, 6) is 1.22. The summed E-state index contributed by atoms with van der Waals surface area (Å²) in [6.07, 6.45) is 1.77. The fraction of sp³-hybridized carbons (Fsp3) is 0.750. The number of hydrogen-bond donors (Lipinski definition) is 1. The first-order valence-corrected chi connectivity index (χ1v) is 8.40. The van der Waals surface area contributed by atoms with Crippen molar-refractivity contribution in [1.29, 1.82) is 0 Å². The Morgan fingerprint density at radius 1 is 1.28 bits per heavy atom. The summed E-state index contributed by atoms with van der Waals surface area (Å²) < 4.78 is 10.6. The molecule has 7 nitrogen and oxygen atoms in total. The van der Waals surface area contributed by atoms with Crippen molar-refractivity contribution in [1.82, 2.24) is 15.0 Å². The molecule has 2 N–H and O–H groups in total. The van der Waals surface area contributed by atoms with E-state index in [1.165, 1.54) is 0 Å². The number of amides is 1. The van der Waals surface area contributed by atoms with Crippen molar-refractivity contribution in [3.63, 3.8) is 0 Å². The van der Waals surface area contributed by atoms with Gasteiger partial charge in [-0.05, 0) is 25.7 Å². The Morgan fingerprint density at radius 2 is 1.92 bits per heavy atom. The third kappa shape index (κ3) is 5.82. The zero-order valence-electron chi connectivity index (χ0n) is 14.6. The van der Waals surface area contributed by atoms with Crippen LogP contribution in [0.25, 0.3) is 0 Å². The van der Waals surface area contributed by atoms with E-state index >= 15 is 0 Å². The van der Waals surface area contributed by atoms with Crippen LogP contribution in [-0.4, -0.2) is 66.3 Å². The Hall–Kier alpha value is -0.860. The summed E-state index contributed by atoms with van der Waals surface area (Å²) in [6, 6.07) is 1.57. The predicted octanol–water partition coefficient (Wildman–Crippen LogP) is 1.22. The van der Waals surface area contributed by atoms with Crippen LogP contribution in [0.5, 0.6) is 0 Å². The minimum atomic E-state index is -0.387. The van der Waals surface area contributed by atoms with Gasteiger partial charge in [-0.3, -0.25) is 9.69 Å². The van der Waals surface area contributed by atoms with Gasteiger partial charge in [0.1, 0.15) is 0 Å². The Bertz CT molecular complexity index is 529. The average molecular weight is 395 g/mol. The second kappa shape index (κ2) is 10.3. The van der Waals surface area contributed by atoms with Gasteiger partial charge in [0.15, 0.2) is 5.76 Å². The lowest BCUT2D eigenvalue weighted by Crippen LogP contribution is -2.55. The van der Waals surface area contributed by atoms with Crippen LogP contribution < -0.4 is 5.73 Å². The molecule has 0 radical (unpaired) electrons. The number of carbonyl (C=O) groups is 1. The first-order valence-electron chi connectivity index (χ1n) is 8.40. The van der Waals surface area contributed by atoms with E-state index in [4.69, 9.17) is 15.0 Å². The highest BCUT2D eigenvalue weighted by molar-refractivity contribution is 5.85. The van der Waals surface area contributed by atoms with Crippen molar-refractivity contribution in [3.05, 3.63) is 17.5 Å². The molecule has 0 aromatic carbocycles. The highest BCUT2D eigenvalue weighted by Crippen LogP contribution is 2.19. The quantitative estimate of drug-likeness (QED) is 0.826. The molecular weight excluding hydrogens is 367 g/mol. The minimum Gasteiger partial charge on any atom is -0.381 e. The number of aromatic nitrogens is 1. The second-order valence-electron chi connectivity index (χ2n) is 6.51. The molecule has 3 heterocycles. The molecule has 1 aromatic rings. The average Bonchev–Trinajstić information content (AvgIpc) is 3.00. The Balaban J connectivity index is 0.00000156. The molecule has 2 aliphatic rings. The minimum absolute atomic E-state index is 0. The number of ether oxygens (including phenoxy) is 1. The molecule has 2 fully saturated rings. The number of rotatable bonds is 4. The summed E-state index contributed by atoms with van der Waals surface area (Å²) in [4.78, 5) is 16.8. The van der Waals surface area contributed by atoms with Crippen LogP contribution in [0.1, 0.15) is 24.3 Å². The molecule has 1 unspecified atom stereocenters. The summed E-state index contributed by atoms with van der Waals surface area (Å²) in [7, 11) is 0. The van der Waals surface area contributed by atoms with Gasteiger partial charge in [0.05, 0.1) is 18.3 Å². The van der Waals surface area contributed by atoms with Gasteiger partial charge in [0, 0.05) is 45.5 Å². The normalized spacial score (nSPS) is 20.5. The molecule has 0 saturated carbocycles. The number of halogens is 2. The number of nitrogens with two attached hydrogens (primary N) is 1. The first-order chi connectivity index (χ1) is 11.1. The molecular formula is C16H28Cl2N4O3. The van der Waals surface area contributed by atoms with E-state index in [-0.39, 0.29) is 42.7 Å². The lowest BCUT2D eigenvalue weighted by atomic mass is 9.91. The van der Waals surface area contributed by atoms with E-state index in [0.29, 0.717) is 0 Å². The highest BCUT2D eigenvalue weighted by Gasteiger charge is 2.31. The fourth-order valence-electron chi connectivity index (χ4n) is 3.32. The fourth-order valence-corrected chi connectivity index (χ4v) is 3.32. The van der Waals surface area contributed by atoms with Crippen LogP contribution in [0.15, 0.2) is 10.6 Å². The largest absolute Gasteiger partial charge is 0.381 e. The zero-order chi connectivity index (χ0) is 16.2. The summed E-state index contributed by atoms with van der Waals surface area (Å²) >= 11 is 0. The van der Waals surface area contributed by atoms with Crippen molar-refractivity contribution in [2.75, 3.05) is 39.4 Å². The van der Waals surface area contributed by atoms with Crippen molar-refractivity contribution in [2.24, 2.45) is 11.7 Å². The van der Waals surface area contributed by atoms with Gasteiger partial charge in [-0.15, -0.1) is 24.8 Å². The first kappa shape index (κ1) is 22.2. The van der Waals surface area contributed by atoms with Crippen LogP contribution >= 0.6 is 24.8 Å². The maximum absolute atomic E-state index is 12.6. The molecule has 2 saturated heterocycles. The van der Waals surface area contributed by atoms with E-state index < -0.39 is 0 Å². The second-order valence-corrected chi connectivity index (χ2v) is 6.51. The highest BCUT2D eigenvalue weighted by atomic mass is 35.5. The molecule has 1 atom stereocenters. The Labute approximate surface area is 161 Å². The summed E-state index contributed by atoms with van der Waals surface area (Å²) in [5, 5.41) is 3.91. The van der Waals surface area contributed by atoms with Gasteiger partial charge >= 0.3 is 0 Å². The van der Waals surface area contributed by atoms with Gasteiger partial charge in [0.2, 0.25) is 5.91 Å². The summed E-state index contributed by atoms with van der Waals surface area (Å²) in [6.45, 7) is 7.23. The number of hydrogen-bond acceptors (Lipinski definition) is 6. The Morgan fingerprint density at radius 3 is 2.48 bits per heavy atom. The molecule has 1 amide bonds. The van der Waals surface area contributed by atoms with Crippen molar-refractivity contribution >= 4 is 30.7 Å². The maximum atomic E-state index is 12.6. The number of carbonyl (C=O) groups excluding carboxylic acids is 1. The molecule has 1 aromatic heterocycles. The lowest BCUT2D eigenvalue weighted by molar-refractivity contribution is -0.136. The van der Waals surface area contributed by atoms with Gasteiger partial charge in [-0.2, -0.15) is 0 Å². The number of nitrogens with zero attached hydrogens (tertiary/aromatic N) is 3. The lowest BCUT2D eigenvalue weighted by Gasteiger charge is -2.37. The number of piperazine rings is 1. The van der Waals surface area contributed by atoms with Gasteiger partial charge < -0.3 is 19.9 Å². The molecule has 9 heteroatoms. The third-order valence-corrected chi connectivity index (χ3v) is 4.80. The predicted molar refractivity (Wildman–Crippen MR) is 99.1 cm³/mol. The van der Waals surface area contributed by atoms with Gasteiger partial charge in [-0.1, -0.05) is 5.16 Å². The van der Waals surface area contributed by atoms with Crippen molar-refractivity contribution in [2.45, 2.75) is 32.4 Å². The van der Waals surface area contributed by atoms with Gasteiger partial charge in [0.25, 0.3) is 0 Å². The van der Waals surface area contributed by atoms with Crippen LogP contribution in [-0.2, 0) is 16.1 Å².